The van der Waals surface area contributed by atoms with E-state index in [1.807, 2.05) is 66.1 Å². The van der Waals surface area contributed by atoms with Crippen molar-refractivity contribution >= 4 is 17.7 Å². The number of para-hydroxylation sites is 1. The lowest BCUT2D eigenvalue weighted by atomic mass is 9.96. The lowest BCUT2D eigenvalue weighted by Gasteiger charge is -2.22. The maximum absolute atomic E-state index is 12.6. The van der Waals surface area contributed by atoms with Crippen LogP contribution in [0.4, 0.5) is 0 Å². The minimum absolute atomic E-state index is 0.00598. The van der Waals surface area contributed by atoms with E-state index in [-0.39, 0.29) is 11.9 Å². The van der Waals surface area contributed by atoms with Gasteiger partial charge in [-0.2, -0.15) is 0 Å². The van der Waals surface area contributed by atoms with Crippen molar-refractivity contribution in [3.63, 3.8) is 0 Å². The number of carbonyl (C=O) groups excluding carboxylic acids is 1. The number of hydrogen-bond acceptors (Lipinski definition) is 4. The molecule has 0 aliphatic rings. The van der Waals surface area contributed by atoms with Crippen LogP contribution in [0.15, 0.2) is 66.1 Å². The second kappa shape index (κ2) is 8.86. The van der Waals surface area contributed by atoms with Gasteiger partial charge < -0.3 is 5.32 Å². The maximum Gasteiger partial charge on any atom is 0.230 e. The Morgan fingerprint density at radius 2 is 1.81 bits per heavy atom. The molecule has 0 spiro atoms. The molecule has 140 valence electrons. The molecule has 1 atom stereocenters. The average Bonchev–Trinajstić information content (AvgIpc) is 3.13. The van der Waals surface area contributed by atoms with E-state index in [4.69, 9.17) is 0 Å². The Balaban J connectivity index is 1.66. The summed E-state index contributed by atoms with van der Waals surface area (Å²) in [5.41, 5.74) is 3.27. The molecule has 0 aliphatic heterocycles. The normalized spacial score (nSPS) is 12.1. The Bertz CT molecular complexity index is 892. The van der Waals surface area contributed by atoms with E-state index in [1.54, 1.807) is 6.33 Å². The SMILES string of the molecule is Cc1ccccc1-n1cnnc1SCC(=O)NC(c1ccccc1)C(C)C. The fourth-order valence-electron chi connectivity index (χ4n) is 2.96. The summed E-state index contributed by atoms with van der Waals surface area (Å²) < 4.78 is 1.92. The first-order valence-electron chi connectivity index (χ1n) is 8.99. The van der Waals surface area contributed by atoms with Crippen molar-refractivity contribution in [2.24, 2.45) is 5.92 Å². The third-order valence-corrected chi connectivity index (χ3v) is 5.31. The fraction of sp³-hybridized carbons (Fsp3) is 0.286. The van der Waals surface area contributed by atoms with Crippen LogP contribution in [0.3, 0.4) is 0 Å². The summed E-state index contributed by atoms with van der Waals surface area (Å²) in [5, 5.41) is 12.0. The van der Waals surface area contributed by atoms with Crippen molar-refractivity contribution in [3.8, 4) is 5.69 Å². The van der Waals surface area contributed by atoms with Crippen molar-refractivity contribution in [3.05, 3.63) is 72.1 Å². The molecule has 3 aromatic rings. The van der Waals surface area contributed by atoms with E-state index < -0.39 is 0 Å². The van der Waals surface area contributed by atoms with Gasteiger partial charge in [-0.15, -0.1) is 10.2 Å². The summed E-state index contributed by atoms with van der Waals surface area (Å²) >= 11 is 1.39. The number of nitrogens with zero attached hydrogens (tertiary/aromatic N) is 3. The van der Waals surface area contributed by atoms with E-state index >= 15 is 0 Å². The zero-order chi connectivity index (χ0) is 19.2. The Hall–Kier alpha value is -2.60. The molecule has 1 N–H and O–H groups in total. The molecule has 0 aliphatic carbocycles. The molecule has 3 rings (SSSR count). The number of nitrogens with one attached hydrogen (secondary N) is 1. The number of carbonyl (C=O) groups is 1. The lowest BCUT2D eigenvalue weighted by Crippen LogP contribution is -2.33. The molecule has 0 bridgehead atoms. The summed E-state index contributed by atoms with van der Waals surface area (Å²) in [4.78, 5) is 12.6. The zero-order valence-corrected chi connectivity index (χ0v) is 16.6. The predicted molar refractivity (Wildman–Crippen MR) is 109 cm³/mol. The predicted octanol–water partition coefficient (Wildman–Crippen LogP) is 4.18. The summed E-state index contributed by atoms with van der Waals surface area (Å²) in [5.74, 6) is 0.583. The van der Waals surface area contributed by atoms with E-state index in [0.717, 1.165) is 16.8 Å². The van der Waals surface area contributed by atoms with Gasteiger partial charge in [-0.25, -0.2) is 0 Å². The van der Waals surface area contributed by atoms with E-state index in [9.17, 15) is 4.79 Å². The lowest BCUT2D eigenvalue weighted by molar-refractivity contribution is -0.119. The van der Waals surface area contributed by atoms with Crippen molar-refractivity contribution in [1.29, 1.82) is 0 Å². The molecule has 0 fully saturated rings. The third kappa shape index (κ3) is 4.77. The van der Waals surface area contributed by atoms with E-state index in [0.29, 0.717) is 16.8 Å². The maximum atomic E-state index is 12.6. The van der Waals surface area contributed by atoms with Gasteiger partial charge in [0.15, 0.2) is 5.16 Å². The highest BCUT2D eigenvalue weighted by Crippen LogP contribution is 2.24. The quantitative estimate of drug-likeness (QED) is 0.625. The van der Waals surface area contributed by atoms with Crippen molar-refractivity contribution < 1.29 is 4.79 Å². The molecule has 2 aromatic carbocycles. The standard InChI is InChI=1S/C21H24N4OS/c1-15(2)20(17-10-5-4-6-11-17)23-19(26)13-27-21-24-22-14-25(21)18-12-8-7-9-16(18)3/h4-12,14-15,20H,13H2,1-3H3,(H,23,26). The van der Waals surface area contributed by atoms with Crippen LogP contribution in [0.25, 0.3) is 5.69 Å². The average molecular weight is 381 g/mol. The Morgan fingerprint density at radius 3 is 2.52 bits per heavy atom. The van der Waals surface area contributed by atoms with Crippen LogP contribution in [-0.2, 0) is 4.79 Å². The molecule has 1 unspecified atom stereocenters. The molecule has 0 radical (unpaired) electrons. The molecule has 5 nitrogen and oxygen atoms in total. The third-order valence-electron chi connectivity index (χ3n) is 4.37. The van der Waals surface area contributed by atoms with Crippen LogP contribution in [0.1, 0.15) is 31.0 Å². The van der Waals surface area contributed by atoms with Crippen molar-refractivity contribution in [2.75, 3.05) is 5.75 Å². The summed E-state index contributed by atoms with van der Waals surface area (Å²) in [6, 6.07) is 18.1. The number of hydrogen-bond donors (Lipinski definition) is 1. The van der Waals surface area contributed by atoms with Gasteiger partial charge in [0.25, 0.3) is 0 Å². The van der Waals surface area contributed by atoms with Gasteiger partial charge in [-0.3, -0.25) is 9.36 Å². The van der Waals surface area contributed by atoms with Gasteiger partial charge in [0, 0.05) is 0 Å². The van der Waals surface area contributed by atoms with Gasteiger partial charge in [-0.1, -0.05) is 74.1 Å². The number of aryl methyl sites for hydroxylation is 1. The van der Waals surface area contributed by atoms with Crippen molar-refractivity contribution in [2.45, 2.75) is 32.0 Å². The molecular formula is C21H24N4OS. The molecule has 27 heavy (non-hydrogen) atoms. The van der Waals surface area contributed by atoms with Crippen LogP contribution >= 0.6 is 11.8 Å². The summed E-state index contributed by atoms with van der Waals surface area (Å²) in [6.45, 7) is 6.27. The van der Waals surface area contributed by atoms with Gasteiger partial charge in [-0.05, 0) is 30.0 Å². The number of amides is 1. The number of rotatable bonds is 7. The number of benzene rings is 2. The first-order valence-corrected chi connectivity index (χ1v) is 9.98. The second-order valence-corrected chi connectivity index (χ2v) is 7.70. The van der Waals surface area contributed by atoms with Gasteiger partial charge >= 0.3 is 0 Å². The van der Waals surface area contributed by atoms with Gasteiger partial charge in [0.2, 0.25) is 5.91 Å². The minimum atomic E-state index is -0.0121. The molecule has 0 saturated heterocycles. The molecule has 1 heterocycles. The summed E-state index contributed by atoms with van der Waals surface area (Å²) in [6.07, 6.45) is 1.68. The van der Waals surface area contributed by atoms with Crippen LogP contribution in [0.2, 0.25) is 0 Å². The Kier molecular flexibility index (Phi) is 6.29. The molecule has 0 saturated carbocycles. The number of thioether (sulfide) groups is 1. The van der Waals surface area contributed by atoms with Crippen LogP contribution < -0.4 is 5.32 Å². The van der Waals surface area contributed by atoms with Crippen LogP contribution in [0.5, 0.6) is 0 Å². The van der Waals surface area contributed by atoms with Crippen LogP contribution in [0, 0.1) is 12.8 Å². The van der Waals surface area contributed by atoms with Gasteiger partial charge in [0.05, 0.1) is 17.5 Å². The highest BCUT2D eigenvalue weighted by molar-refractivity contribution is 7.99. The fourth-order valence-corrected chi connectivity index (χ4v) is 3.70. The topological polar surface area (TPSA) is 59.8 Å². The zero-order valence-electron chi connectivity index (χ0n) is 15.8. The smallest absolute Gasteiger partial charge is 0.230 e. The minimum Gasteiger partial charge on any atom is -0.348 e. The highest BCUT2D eigenvalue weighted by Gasteiger charge is 2.19. The molecular weight excluding hydrogens is 356 g/mol. The van der Waals surface area contributed by atoms with E-state index in [2.05, 4.69) is 29.4 Å². The largest absolute Gasteiger partial charge is 0.348 e. The second-order valence-electron chi connectivity index (χ2n) is 6.76. The van der Waals surface area contributed by atoms with Crippen molar-refractivity contribution in [1.82, 2.24) is 20.1 Å². The first-order chi connectivity index (χ1) is 13.1. The highest BCUT2D eigenvalue weighted by atomic mass is 32.2. The Morgan fingerprint density at radius 1 is 1.11 bits per heavy atom. The summed E-state index contributed by atoms with van der Waals surface area (Å²) in [7, 11) is 0. The molecule has 6 heteroatoms. The Labute approximate surface area is 164 Å². The molecule has 1 amide bonds. The van der Waals surface area contributed by atoms with E-state index in [1.165, 1.54) is 11.8 Å². The number of aromatic nitrogens is 3. The monoisotopic (exact) mass is 380 g/mol. The first kappa shape index (κ1) is 19.2. The van der Waals surface area contributed by atoms with Crippen LogP contribution in [-0.4, -0.2) is 26.4 Å². The van der Waals surface area contributed by atoms with Gasteiger partial charge in [0.1, 0.15) is 6.33 Å². The molecule has 1 aromatic heterocycles.